The van der Waals surface area contributed by atoms with Crippen molar-refractivity contribution in [1.82, 2.24) is 9.80 Å². The van der Waals surface area contributed by atoms with E-state index in [1.165, 1.54) is 11.0 Å². The molecular weight excluding hydrogens is 347 g/mol. The molecule has 1 fully saturated rings. The summed E-state index contributed by atoms with van der Waals surface area (Å²) < 4.78 is 19.4. The van der Waals surface area contributed by atoms with Crippen LogP contribution in [0.1, 0.15) is 10.4 Å². The average molecular weight is 359 g/mol. The number of hydrogen-bond donors (Lipinski definition) is 1. The van der Waals surface area contributed by atoms with Crippen LogP contribution in [0.25, 0.3) is 0 Å². The molecule has 0 radical (unpaired) electrons. The number of benzene rings is 1. The maximum atomic E-state index is 13.6. The summed E-state index contributed by atoms with van der Waals surface area (Å²) in [6.07, 6.45) is -1.02. The minimum absolute atomic E-state index is 0.168. The Morgan fingerprint density at radius 1 is 1.43 bits per heavy atom. The maximum Gasteiger partial charge on any atom is 0.407 e. The zero-order chi connectivity index (χ0) is 15.1. The third kappa shape index (κ3) is 2.44. The summed E-state index contributed by atoms with van der Waals surface area (Å²) in [5.74, 6) is -0.554. The molecule has 0 saturated carbocycles. The molecule has 1 aromatic rings. The number of ether oxygens (including phenoxy) is 1. The quantitative estimate of drug-likeness (QED) is 0.767. The molecule has 6 nitrogen and oxygen atoms in total. The summed E-state index contributed by atoms with van der Waals surface area (Å²) in [6.45, 7) is 0.890. The van der Waals surface area contributed by atoms with E-state index >= 15 is 0 Å². The van der Waals surface area contributed by atoms with E-state index in [1.807, 2.05) is 0 Å². The van der Waals surface area contributed by atoms with Crippen LogP contribution in [0.4, 0.5) is 9.18 Å². The second-order valence-electron chi connectivity index (χ2n) is 4.95. The largest absolute Gasteiger partial charge is 0.490 e. The predicted molar refractivity (Wildman–Crippen MR) is 74.0 cm³/mol. The van der Waals surface area contributed by atoms with Crippen LogP contribution in [0.2, 0.25) is 0 Å². The van der Waals surface area contributed by atoms with Crippen molar-refractivity contribution in [2.24, 2.45) is 0 Å². The second-order valence-corrected chi connectivity index (χ2v) is 5.81. The average Bonchev–Trinajstić information content (AvgIpc) is 2.58. The maximum absolute atomic E-state index is 13.6. The lowest BCUT2D eigenvalue weighted by atomic mass is 10.1. The zero-order valence-corrected chi connectivity index (χ0v) is 12.5. The highest BCUT2D eigenvalue weighted by molar-refractivity contribution is 9.10. The van der Waals surface area contributed by atoms with Gasteiger partial charge in [-0.25, -0.2) is 9.18 Å². The molecule has 0 aliphatic carbocycles. The molecule has 1 atom stereocenters. The number of carbonyl (C=O) groups excluding carboxylic acids is 1. The van der Waals surface area contributed by atoms with Crippen molar-refractivity contribution < 1.29 is 23.8 Å². The van der Waals surface area contributed by atoms with Gasteiger partial charge in [0.2, 0.25) is 0 Å². The van der Waals surface area contributed by atoms with Gasteiger partial charge in [0.25, 0.3) is 5.91 Å². The van der Waals surface area contributed by atoms with Gasteiger partial charge in [0.1, 0.15) is 18.2 Å². The van der Waals surface area contributed by atoms with Crippen LogP contribution in [-0.4, -0.2) is 59.2 Å². The van der Waals surface area contributed by atoms with E-state index in [0.29, 0.717) is 5.75 Å². The highest BCUT2D eigenvalue weighted by Gasteiger charge is 2.37. The summed E-state index contributed by atoms with van der Waals surface area (Å²) >= 11 is 3.06. The van der Waals surface area contributed by atoms with Crippen LogP contribution in [0, 0.1) is 5.82 Å². The lowest BCUT2D eigenvalue weighted by Crippen LogP contribution is -2.57. The number of halogens is 2. The molecule has 1 aromatic carbocycles. The Morgan fingerprint density at radius 3 is 2.90 bits per heavy atom. The van der Waals surface area contributed by atoms with Gasteiger partial charge in [0, 0.05) is 19.6 Å². The van der Waals surface area contributed by atoms with E-state index in [4.69, 9.17) is 9.84 Å². The molecule has 0 unspecified atom stereocenters. The Balaban J connectivity index is 1.93. The second kappa shape index (κ2) is 5.18. The molecule has 0 spiro atoms. The SMILES string of the molecule is O=C(O)N1CCN2C(=O)c3cc(F)c(Br)cc3OC[C@H]2C1. The topological polar surface area (TPSA) is 70.1 Å². The fraction of sp³-hybridized carbons (Fsp3) is 0.385. The number of carboxylic acid groups (broad SMARTS) is 1. The first-order valence-corrected chi connectivity index (χ1v) is 7.17. The normalized spacial score (nSPS) is 21.2. The predicted octanol–water partition coefficient (Wildman–Crippen LogP) is 1.79. The van der Waals surface area contributed by atoms with Gasteiger partial charge in [0.15, 0.2) is 0 Å². The molecule has 2 aliphatic rings. The number of amides is 2. The van der Waals surface area contributed by atoms with Crippen molar-refractivity contribution in [1.29, 1.82) is 0 Å². The molecule has 2 heterocycles. The molecule has 112 valence electrons. The molecule has 3 rings (SSSR count). The van der Waals surface area contributed by atoms with Crippen molar-refractivity contribution in [2.45, 2.75) is 6.04 Å². The van der Waals surface area contributed by atoms with Crippen LogP contribution >= 0.6 is 15.9 Å². The third-order valence-corrected chi connectivity index (χ3v) is 4.31. The molecule has 2 aliphatic heterocycles. The Kier molecular flexibility index (Phi) is 3.48. The van der Waals surface area contributed by atoms with Crippen molar-refractivity contribution in [3.63, 3.8) is 0 Å². The van der Waals surface area contributed by atoms with Crippen molar-refractivity contribution in [3.8, 4) is 5.75 Å². The minimum atomic E-state index is -1.02. The van der Waals surface area contributed by atoms with Crippen molar-refractivity contribution in [2.75, 3.05) is 26.2 Å². The van der Waals surface area contributed by atoms with E-state index in [2.05, 4.69) is 15.9 Å². The van der Waals surface area contributed by atoms with Gasteiger partial charge in [-0.3, -0.25) is 4.79 Å². The van der Waals surface area contributed by atoms with Gasteiger partial charge in [-0.2, -0.15) is 0 Å². The van der Waals surface area contributed by atoms with Gasteiger partial charge in [0.05, 0.1) is 16.1 Å². The molecule has 1 N–H and O–H groups in total. The summed E-state index contributed by atoms with van der Waals surface area (Å²) in [5.41, 5.74) is 0.168. The van der Waals surface area contributed by atoms with E-state index in [-0.39, 0.29) is 48.2 Å². The Bertz CT molecular complexity index is 624. The van der Waals surface area contributed by atoms with Crippen LogP contribution in [0.5, 0.6) is 5.75 Å². The lowest BCUT2D eigenvalue weighted by Gasteiger charge is -2.38. The number of carbonyl (C=O) groups is 2. The van der Waals surface area contributed by atoms with Crippen LogP contribution in [0.15, 0.2) is 16.6 Å². The van der Waals surface area contributed by atoms with Gasteiger partial charge in [-0.05, 0) is 28.1 Å². The molecule has 1 saturated heterocycles. The fourth-order valence-electron chi connectivity index (χ4n) is 2.59. The Morgan fingerprint density at radius 2 is 2.19 bits per heavy atom. The van der Waals surface area contributed by atoms with Crippen LogP contribution < -0.4 is 4.74 Å². The van der Waals surface area contributed by atoms with E-state index in [0.717, 1.165) is 6.07 Å². The monoisotopic (exact) mass is 358 g/mol. The molecular formula is C13H12BrFN2O4. The minimum Gasteiger partial charge on any atom is -0.490 e. The zero-order valence-electron chi connectivity index (χ0n) is 10.9. The summed E-state index contributed by atoms with van der Waals surface area (Å²) in [6, 6.07) is 2.21. The Hall–Kier alpha value is -1.83. The van der Waals surface area contributed by atoms with E-state index in [9.17, 15) is 14.0 Å². The Labute approximate surface area is 128 Å². The van der Waals surface area contributed by atoms with Crippen molar-refractivity contribution >= 4 is 27.9 Å². The number of hydrogen-bond acceptors (Lipinski definition) is 3. The molecule has 2 amide bonds. The smallest absolute Gasteiger partial charge is 0.407 e. The van der Waals surface area contributed by atoms with Crippen LogP contribution in [-0.2, 0) is 0 Å². The number of nitrogens with zero attached hydrogens (tertiary/aromatic N) is 2. The lowest BCUT2D eigenvalue weighted by molar-refractivity contribution is 0.0390. The van der Waals surface area contributed by atoms with Gasteiger partial charge in [-0.15, -0.1) is 0 Å². The fourth-order valence-corrected chi connectivity index (χ4v) is 2.92. The van der Waals surface area contributed by atoms with Crippen molar-refractivity contribution in [3.05, 3.63) is 28.0 Å². The van der Waals surface area contributed by atoms with Crippen LogP contribution in [0.3, 0.4) is 0 Å². The summed E-state index contributed by atoms with van der Waals surface area (Å²) in [4.78, 5) is 26.3. The summed E-state index contributed by atoms with van der Waals surface area (Å²) in [5, 5.41) is 9.04. The molecule has 0 aromatic heterocycles. The first kappa shape index (κ1) is 14.1. The van der Waals surface area contributed by atoms with Gasteiger partial charge in [-0.1, -0.05) is 0 Å². The number of piperazine rings is 1. The first-order valence-electron chi connectivity index (χ1n) is 6.38. The van der Waals surface area contributed by atoms with Gasteiger partial charge >= 0.3 is 6.09 Å². The van der Waals surface area contributed by atoms with E-state index < -0.39 is 11.9 Å². The molecule has 0 bridgehead atoms. The van der Waals surface area contributed by atoms with Gasteiger partial charge < -0.3 is 19.6 Å². The molecule has 8 heteroatoms. The highest BCUT2D eigenvalue weighted by Crippen LogP contribution is 2.31. The van der Waals surface area contributed by atoms with E-state index in [1.54, 1.807) is 4.90 Å². The third-order valence-electron chi connectivity index (χ3n) is 3.70. The highest BCUT2D eigenvalue weighted by atomic mass is 79.9. The first-order chi connectivity index (χ1) is 9.97. The standard InChI is InChI=1S/C13H12BrFN2O4/c14-9-4-11-8(3-10(9)15)12(18)17-2-1-16(13(19)20)5-7(17)6-21-11/h3-4,7H,1-2,5-6H2,(H,19,20)/t7-/m1/s1. The summed E-state index contributed by atoms with van der Waals surface area (Å²) in [7, 11) is 0. The number of rotatable bonds is 0. The molecule has 21 heavy (non-hydrogen) atoms. The number of fused-ring (bicyclic) bond motifs is 2.